The standard InChI is InChI=1S/C11H16N4OS/c1-8-11(17-9(2)14-8)6-12-10-5-13-15(7-10)3-4-16/h5,7,12,16H,3-4,6H2,1-2H3. The van der Waals surface area contributed by atoms with E-state index in [2.05, 4.69) is 15.4 Å². The van der Waals surface area contributed by atoms with Crippen LogP contribution >= 0.6 is 11.3 Å². The number of nitrogens with one attached hydrogen (secondary N) is 1. The summed E-state index contributed by atoms with van der Waals surface area (Å²) in [5.41, 5.74) is 2.05. The van der Waals surface area contributed by atoms with Gasteiger partial charge in [-0.1, -0.05) is 0 Å². The van der Waals surface area contributed by atoms with Gasteiger partial charge in [0.05, 0.1) is 42.3 Å². The molecule has 0 aliphatic carbocycles. The largest absolute Gasteiger partial charge is 0.394 e. The Morgan fingerprint density at radius 3 is 2.94 bits per heavy atom. The van der Waals surface area contributed by atoms with Crippen molar-refractivity contribution in [3.05, 3.63) is 28.0 Å². The van der Waals surface area contributed by atoms with Crippen LogP contribution in [0.15, 0.2) is 12.4 Å². The predicted octanol–water partition coefficient (Wildman–Crippen LogP) is 1.56. The lowest BCUT2D eigenvalue weighted by Gasteiger charge is -2.01. The molecule has 0 saturated heterocycles. The summed E-state index contributed by atoms with van der Waals surface area (Å²) in [6.45, 7) is 5.44. The van der Waals surface area contributed by atoms with Crippen molar-refractivity contribution in [2.24, 2.45) is 0 Å². The van der Waals surface area contributed by atoms with Gasteiger partial charge in [0.25, 0.3) is 0 Å². The van der Waals surface area contributed by atoms with E-state index in [-0.39, 0.29) is 6.61 Å². The molecule has 6 heteroatoms. The first-order valence-electron chi connectivity index (χ1n) is 5.49. The minimum atomic E-state index is 0.105. The number of aliphatic hydroxyl groups is 1. The van der Waals surface area contributed by atoms with Gasteiger partial charge in [0.1, 0.15) is 0 Å². The average molecular weight is 252 g/mol. The fourth-order valence-electron chi connectivity index (χ4n) is 1.60. The van der Waals surface area contributed by atoms with Crippen LogP contribution in [0.2, 0.25) is 0 Å². The molecule has 0 aliphatic heterocycles. The number of anilines is 1. The van der Waals surface area contributed by atoms with Gasteiger partial charge in [-0.15, -0.1) is 11.3 Å². The van der Waals surface area contributed by atoms with Crippen LogP contribution in [0.1, 0.15) is 15.6 Å². The molecule has 2 aromatic heterocycles. The second-order valence-electron chi connectivity index (χ2n) is 3.81. The maximum absolute atomic E-state index is 8.79. The number of thiazole rings is 1. The molecule has 5 nitrogen and oxygen atoms in total. The lowest BCUT2D eigenvalue weighted by Crippen LogP contribution is -2.02. The van der Waals surface area contributed by atoms with Crippen LogP contribution in [0.5, 0.6) is 0 Å². The van der Waals surface area contributed by atoms with E-state index in [1.165, 1.54) is 4.88 Å². The molecular weight excluding hydrogens is 236 g/mol. The molecule has 0 radical (unpaired) electrons. The highest BCUT2D eigenvalue weighted by Crippen LogP contribution is 2.18. The van der Waals surface area contributed by atoms with Crippen molar-refractivity contribution < 1.29 is 5.11 Å². The third-order valence-corrected chi connectivity index (χ3v) is 3.49. The topological polar surface area (TPSA) is 63.0 Å². The summed E-state index contributed by atoms with van der Waals surface area (Å²) in [6, 6.07) is 0. The third-order valence-electron chi connectivity index (χ3n) is 2.42. The van der Waals surface area contributed by atoms with Crippen LogP contribution < -0.4 is 5.32 Å². The van der Waals surface area contributed by atoms with Crippen molar-refractivity contribution in [1.29, 1.82) is 0 Å². The first-order valence-corrected chi connectivity index (χ1v) is 6.31. The SMILES string of the molecule is Cc1nc(C)c(CNc2cnn(CCO)c2)s1. The third kappa shape index (κ3) is 3.04. The maximum Gasteiger partial charge on any atom is 0.0900 e. The Hall–Kier alpha value is -1.40. The van der Waals surface area contributed by atoms with E-state index in [4.69, 9.17) is 5.11 Å². The maximum atomic E-state index is 8.79. The smallest absolute Gasteiger partial charge is 0.0900 e. The molecule has 17 heavy (non-hydrogen) atoms. The number of rotatable bonds is 5. The molecule has 0 saturated carbocycles. The summed E-state index contributed by atoms with van der Waals surface area (Å²) in [5.74, 6) is 0. The molecule has 0 atom stereocenters. The van der Waals surface area contributed by atoms with E-state index >= 15 is 0 Å². The second-order valence-corrected chi connectivity index (χ2v) is 5.10. The molecule has 0 spiro atoms. The molecule has 0 amide bonds. The molecule has 2 heterocycles. The van der Waals surface area contributed by atoms with Gasteiger partial charge in [-0.25, -0.2) is 4.98 Å². The second kappa shape index (κ2) is 5.29. The summed E-state index contributed by atoms with van der Waals surface area (Å²) < 4.78 is 1.72. The Bertz CT molecular complexity index is 491. The van der Waals surface area contributed by atoms with E-state index in [1.807, 2.05) is 20.0 Å². The predicted molar refractivity (Wildman–Crippen MR) is 68.2 cm³/mol. The van der Waals surface area contributed by atoms with Gasteiger partial charge in [-0.05, 0) is 13.8 Å². The Balaban J connectivity index is 1.95. The number of hydrogen-bond acceptors (Lipinski definition) is 5. The van der Waals surface area contributed by atoms with E-state index in [0.717, 1.165) is 22.9 Å². The first-order chi connectivity index (χ1) is 8.19. The molecule has 0 aliphatic rings. The average Bonchev–Trinajstić information content (AvgIpc) is 2.83. The number of aryl methyl sites for hydroxylation is 2. The Kier molecular flexibility index (Phi) is 3.75. The van der Waals surface area contributed by atoms with Crippen molar-refractivity contribution in [2.45, 2.75) is 26.9 Å². The Labute approximate surface area is 104 Å². The number of hydrogen-bond donors (Lipinski definition) is 2. The van der Waals surface area contributed by atoms with Crippen LogP contribution in [0.4, 0.5) is 5.69 Å². The van der Waals surface area contributed by atoms with Gasteiger partial charge >= 0.3 is 0 Å². The van der Waals surface area contributed by atoms with Gasteiger partial charge in [-0.3, -0.25) is 4.68 Å². The van der Waals surface area contributed by atoms with E-state index in [0.29, 0.717) is 6.54 Å². The minimum Gasteiger partial charge on any atom is -0.394 e. The van der Waals surface area contributed by atoms with Gasteiger partial charge in [0, 0.05) is 11.1 Å². The van der Waals surface area contributed by atoms with Crippen molar-refractivity contribution in [3.8, 4) is 0 Å². The monoisotopic (exact) mass is 252 g/mol. The van der Waals surface area contributed by atoms with Gasteiger partial charge in [0.15, 0.2) is 0 Å². The summed E-state index contributed by atoms with van der Waals surface area (Å²) in [6.07, 6.45) is 3.65. The zero-order valence-electron chi connectivity index (χ0n) is 9.97. The Morgan fingerprint density at radius 2 is 2.29 bits per heavy atom. The number of aromatic nitrogens is 3. The molecule has 0 unspecified atom stereocenters. The highest BCUT2D eigenvalue weighted by Gasteiger charge is 2.05. The van der Waals surface area contributed by atoms with Crippen molar-refractivity contribution in [3.63, 3.8) is 0 Å². The number of nitrogens with zero attached hydrogens (tertiary/aromatic N) is 3. The van der Waals surface area contributed by atoms with Crippen LogP contribution in [-0.4, -0.2) is 26.5 Å². The highest BCUT2D eigenvalue weighted by molar-refractivity contribution is 7.11. The van der Waals surface area contributed by atoms with Crippen LogP contribution in [0.3, 0.4) is 0 Å². The van der Waals surface area contributed by atoms with Crippen LogP contribution in [-0.2, 0) is 13.1 Å². The lowest BCUT2D eigenvalue weighted by molar-refractivity contribution is 0.269. The normalized spacial score (nSPS) is 10.8. The van der Waals surface area contributed by atoms with E-state index in [9.17, 15) is 0 Å². The molecule has 0 bridgehead atoms. The molecule has 2 N–H and O–H groups in total. The zero-order valence-corrected chi connectivity index (χ0v) is 10.8. The van der Waals surface area contributed by atoms with E-state index in [1.54, 1.807) is 22.2 Å². The van der Waals surface area contributed by atoms with Crippen molar-refractivity contribution in [2.75, 3.05) is 11.9 Å². The molecular formula is C11H16N4OS. The van der Waals surface area contributed by atoms with Crippen LogP contribution in [0.25, 0.3) is 0 Å². The lowest BCUT2D eigenvalue weighted by atomic mass is 10.4. The summed E-state index contributed by atoms with van der Waals surface area (Å²) in [5, 5.41) is 17.3. The van der Waals surface area contributed by atoms with Crippen molar-refractivity contribution >= 4 is 17.0 Å². The molecule has 0 fully saturated rings. The zero-order chi connectivity index (χ0) is 12.3. The molecule has 2 rings (SSSR count). The van der Waals surface area contributed by atoms with E-state index < -0.39 is 0 Å². The Morgan fingerprint density at radius 1 is 1.47 bits per heavy atom. The summed E-state index contributed by atoms with van der Waals surface area (Å²) in [4.78, 5) is 5.63. The van der Waals surface area contributed by atoms with Gasteiger partial charge < -0.3 is 10.4 Å². The fraction of sp³-hybridized carbons (Fsp3) is 0.455. The first kappa shape index (κ1) is 12.1. The molecule has 92 valence electrons. The minimum absolute atomic E-state index is 0.105. The summed E-state index contributed by atoms with van der Waals surface area (Å²) in [7, 11) is 0. The summed E-state index contributed by atoms with van der Waals surface area (Å²) >= 11 is 1.71. The molecule has 0 aromatic carbocycles. The highest BCUT2D eigenvalue weighted by atomic mass is 32.1. The van der Waals surface area contributed by atoms with Crippen molar-refractivity contribution in [1.82, 2.24) is 14.8 Å². The number of aliphatic hydroxyl groups excluding tert-OH is 1. The fourth-order valence-corrected chi connectivity index (χ4v) is 2.48. The van der Waals surface area contributed by atoms with Gasteiger partial charge in [0.2, 0.25) is 0 Å². The van der Waals surface area contributed by atoms with Crippen LogP contribution in [0, 0.1) is 13.8 Å². The molecule has 2 aromatic rings. The quantitative estimate of drug-likeness (QED) is 0.847. The van der Waals surface area contributed by atoms with Gasteiger partial charge in [-0.2, -0.15) is 5.10 Å².